The van der Waals surface area contributed by atoms with E-state index in [2.05, 4.69) is 18.2 Å². The molecule has 3 aromatic carbocycles. The van der Waals surface area contributed by atoms with Crippen LogP contribution in [0.5, 0.6) is 0 Å². The van der Waals surface area contributed by atoms with Crippen molar-refractivity contribution in [2.45, 2.75) is 49.7 Å². The number of Topliss-reactive ketones (excluding diaryl/α,β-unsaturated/α-hetero) is 1. The Morgan fingerprint density at radius 1 is 1.08 bits per heavy atom. The van der Waals surface area contributed by atoms with Gasteiger partial charge in [0.25, 0.3) is 0 Å². The summed E-state index contributed by atoms with van der Waals surface area (Å²) in [6.45, 7) is 4.05. The smallest absolute Gasteiger partial charge is 0.161 e. The number of ketones is 1. The number of nitriles is 1. The molecule has 0 spiro atoms. The van der Waals surface area contributed by atoms with Gasteiger partial charge in [0.05, 0.1) is 28.3 Å². The molecule has 39 heavy (non-hydrogen) atoms. The predicted octanol–water partition coefficient (Wildman–Crippen LogP) is 8.35. The number of allylic oxidation sites excluding steroid dienone is 3. The molecule has 0 saturated heterocycles. The lowest BCUT2D eigenvalue weighted by molar-refractivity contribution is -0.116. The fraction of sp³-hybridized carbons (Fsp3) is 0.226. The quantitative estimate of drug-likeness (QED) is 0.308. The van der Waals surface area contributed by atoms with Gasteiger partial charge in [-0.15, -0.1) is 11.8 Å². The summed E-state index contributed by atoms with van der Waals surface area (Å²) in [6, 6.07) is 18.0. The van der Waals surface area contributed by atoms with Crippen LogP contribution in [0.3, 0.4) is 0 Å². The predicted molar refractivity (Wildman–Crippen MR) is 156 cm³/mol. The van der Waals surface area contributed by atoms with Crippen molar-refractivity contribution in [3.05, 3.63) is 115 Å². The zero-order valence-electron chi connectivity index (χ0n) is 21.5. The zero-order valence-corrected chi connectivity index (χ0v) is 23.9. The first kappa shape index (κ1) is 27.3. The number of anilines is 1. The number of hydrogen-bond acceptors (Lipinski definition) is 5. The molecule has 0 aromatic heterocycles. The molecule has 0 fully saturated rings. The maximum atomic E-state index is 13.6. The molecule has 0 bridgehead atoms. The van der Waals surface area contributed by atoms with Crippen molar-refractivity contribution in [1.82, 2.24) is 0 Å². The topological polar surface area (TPSA) is 70.1 Å². The Morgan fingerprint density at radius 2 is 1.82 bits per heavy atom. The van der Waals surface area contributed by atoms with Crippen molar-refractivity contribution in [3.8, 4) is 6.07 Å². The van der Waals surface area contributed by atoms with E-state index < -0.39 is 5.92 Å². The highest BCUT2D eigenvalue weighted by Crippen LogP contribution is 2.48. The Kier molecular flexibility index (Phi) is 7.77. The lowest BCUT2D eigenvalue weighted by Gasteiger charge is -2.40. The van der Waals surface area contributed by atoms with Crippen molar-refractivity contribution in [3.63, 3.8) is 0 Å². The molecule has 8 heteroatoms. The van der Waals surface area contributed by atoms with Gasteiger partial charge < -0.3 is 5.73 Å². The number of hydrogen-bond donors (Lipinski definition) is 1. The van der Waals surface area contributed by atoms with Gasteiger partial charge in [-0.3, -0.25) is 9.69 Å². The Morgan fingerprint density at radius 3 is 2.51 bits per heavy atom. The molecule has 2 aliphatic rings. The molecule has 3 aromatic rings. The summed E-state index contributed by atoms with van der Waals surface area (Å²) in [5, 5.41) is 11.3. The van der Waals surface area contributed by atoms with E-state index in [0.29, 0.717) is 51.9 Å². The summed E-state index contributed by atoms with van der Waals surface area (Å²) in [5.74, 6) is 0.0933. The molecule has 2 N–H and O–H groups in total. The van der Waals surface area contributed by atoms with E-state index in [4.69, 9.17) is 28.9 Å². The lowest BCUT2D eigenvalue weighted by Crippen LogP contribution is -2.39. The van der Waals surface area contributed by atoms with Crippen LogP contribution in [0.25, 0.3) is 0 Å². The molecule has 1 aliphatic carbocycles. The summed E-state index contributed by atoms with van der Waals surface area (Å²) in [5.41, 5.74) is 13.1. The molecule has 198 valence electrons. The van der Waals surface area contributed by atoms with Gasteiger partial charge in [-0.2, -0.15) is 5.26 Å². The zero-order chi connectivity index (χ0) is 27.8. The Labute approximate surface area is 241 Å². The molecule has 1 heterocycles. The number of benzene rings is 3. The van der Waals surface area contributed by atoms with Gasteiger partial charge in [-0.05, 0) is 91.4 Å². The summed E-state index contributed by atoms with van der Waals surface area (Å²) < 4.78 is 13.4. The third-order valence-electron chi connectivity index (χ3n) is 7.31. The van der Waals surface area contributed by atoms with Gasteiger partial charge in [-0.25, -0.2) is 4.39 Å². The van der Waals surface area contributed by atoms with Crippen LogP contribution < -0.4 is 10.6 Å². The van der Waals surface area contributed by atoms with Crippen molar-refractivity contribution in [1.29, 1.82) is 5.26 Å². The number of rotatable bonds is 5. The highest BCUT2D eigenvalue weighted by molar-refractivity contribution is 7.98. The van der Waals surface area contributed by atoms with Crippen LogP contribution in [-0.2, 0) is 10.5 Å². The van der Waals surface area contributed by atoms with E-state index in [0.717, 1.165) is 32.8 Å². The van der Waals surface area contributed by atoms with Crippen molar-refractivity contribution in [2.75, 3.05) is 4.90 Å². The number of carbonyl (C=O) groups is 1. The largest absolute Gasteiger partial charge is 0.384 e. The van der Waals surface area contributed by atoms with Gasteiger partial charge >= 0.3 is 0 Å². The van der Waals surface area contributed by atoms with E-state index in [-0.39, 0.29) is 17.4 Å². The monoisotopic (exact) mass is 577 g/mol. The fourth-order valence-electron chi connectivity index (χ4n) is 5.41. The van der Waals surface area contributed by atoms with Crippen LogP contribution in [0.2, 0.25) is 10.0 Å². The molecule has 1 atom stereocenters. The van der Waals surface area contributed by atoms with E-state index in [9.17, 15) is 14.4 Å². The SMILES string of the molecule is Cc1cc(C)c(C2C(C#N)=C(N)N(c3ccc(Cl)cc3Cl)C3=C2C(=O)CCC3)cc1CSc1ccc(F)cc1. The van der Waals surface area contributed by atoms with E-state index in [1.807, 2.05) is 13.8 Å². The molecule has 0 saturated carbocycles. The minimum absolute atomic E-state index is 0.0128. The second-order valence-corrected chi connectivity index (χ2v) is 11.7. The normalized spacial score (nSPS) is 17.4. The first-order chi connectivity index (χ1) is 18.7. The molecule has 0 amide bonds. The van der Waals surface area contributed by atoms with Crippen LogP contribution in [0.4, 0.5) is 10.1 Å². The molecule has 4 nitrogen and oxygen atoms in total. The average Bonchev–Trinajstić information content (AvgIpc) is 2.90. The van der Waals surface area contributed by atoms with E-state index in [1.54, 1.807) is 47.0 Å². The third-order valence-corrected chi connectivity index (χ3v) is 8.91. The van der Waals surface area contributed by atoms with Gasteiger partial charge in [-0.1, -0.05) is 35.3 Å². The number of carbonyl (C=O) groups excluding carboxylic acids is 1. The Hall–Kier alpha value is -3.24. The molecule has 5 rings (SSSR count). The first-order valence-electron chi connectivity index (χ1n) is 12.6. The third kappa shape index (κ3) is 5.19. The Balaban J connectivity index is 1.63. The first-order valence-corrected chi connectivity index (χ1v) is 14.3. The molecule has 1 aliphatic heterocycles. The van der Waals surface area contributed by atoms with Gasteiger partial charge in [0.15, 0.2) is 5.78 Å². The number of thioether (sulfide) groups is 1. The number of nitrogens with zero attached hydrogens (tertiary/aromatic N) is 2. The highest BCUT2D eigenvalue weighted by Gasteiger charge is 2.41. The second-order valence-electron chi connectivity index (χ2n) is 9.79. The van der Waals surface area contributed by atoms with Gasteiger partial charge in [0, 0.05) is 33.4 Å². The van der Waals surface area contributed by atoms with Crippen molar-refractivity contribution >= 4 is 46.4 Å². The standard InChI is InChI=1S/C31H26Cl2FN3OS/c1-17-12-18(2)23(13-19(17)16-39-22-9-7-21(34)8-10-22)29-24(15-35)31(36)37(26-11-6-20(32)14-25(26)33)27-4-3-5-28(38)30(27)29/h6-14,29H,3-5,16,36H2,1-2H3. The number of halogens is 3. The van der Waals surface area contributed by atoms with Crippen LogP contribution in [0.1, 0.15) is 47.4 Å². The lowest BCUT2D eigenvalue weighted by atomic mass is 9.74. The maximum absolute atomic E-state index is 13.6. The summed E-state index contributed by atoms with van der Waals surface area (Å²) in [4.78, 5) is 16.3. The van der Waals surface area contributed by atoms with Crippen molar-refractivity contribution in [2.24, 2.45) is 5.73 Å². The minimum Gasteiger partial charge on any atom is -0.384 e. The minimum atomic E-state index is -0.574. The van der Waals surface area contributed by atoms with Crippen molar-refractivity contribution < 1.29 is 9.18 Å². The van der Waals surface area contributed by atoms with Crippen LogP contribution in [0, 0.1) is 31.0 Å². The van der Waals surface area contributed by atoms with Gasteiger partial charge in [0.1, 0.15) is 11.6 Å². The molecule has 1 unspecified atom stereocenters. The van der Waals surface area contributed by atoms with Crippen LogP contribution >= 0.6 is 35.0 Å². The summed E-state index contributed by atoms with van der Waals surface area (Å²) in [7, 11) is 0. The highest BCUT2D eigenvalue weighted by atomic mass is 35.5. The molecule has 0 radical (unpaired) electrons. The Bertz CT molecular complexity index is 1590. The number of nitrogens with two attached hydrogens (primary N) is 1. The maximum Gasteiger partial charge on any atom is 0.161 e. The summed E-state index contributed by atoms with van der Waals surface area (Å²) >= 11 is 14.3. The summed E-state index contributed by atoms with van der Waals surface area (Å²) in [6.07, 6.45) is 1.73. The molecular formula is C31H26Cl2FN3OS. The van der Waals surface area contributed by atoms with Gasteiger partial charge in [0.2, 0.25) is 0 Å². The molecular weight excluding hydrogens is 552 g/mol. The van der Waals surface area contributed by atoms with E-state index in [1.165, 1.54) is 12.1 Å². The fourth-order valence-corrected chi connectivity index (χ4v) is 6.86. The number of aryl methyl sites for hydroxylation is 2. The second kappa shape index (κ2) is 11.1. The van der Waals surface area contributed by atoms with Crippen LogP contribution in [-0.4, -0.2) is 5.78 Å². The van der Waals surface area contributed by atoms with Crippen LogP contribution in [0.15, 0.2) is 82.2 Å². The average molecular weight is 579 g/mol. The van der Waals surface area contributed by atoms with E-state index >= 15 is 0 Å².